The maximum Gasteiger partial charge on any atom is 0.0165 e. The van der Waals surface area contributed by atoms with Crippen molar-refractivity contribution in [1.29, 1.82) is 0 Å². The van der Waals surface area contributed by atoms with E-state index in [4.69, 9.17) is 0 Å². The third-order valence-electron chi connectivity index (χ3n) is 12.8. The largest absolute Gasteiger partial charge is 0.0619 e. The molecule has 54 heavy (non-hydrogen) atoms. The predicted octanol–water partition coefficient (Wildman–Crippen LogP) is 14.8. The summed E-state index contributed by atoms with van der Waals surface area (Å²) in [4.78, 5) is 0. The van der Waals surface area contributed by atoms with Crippen LogP contribution < -0.4 is 0 Å². The van der Waals surface area contributed by atoms with Crippen LogP contribution in [0, 0.1) is 0 Å². The fourth-order valence-electron chi connectivity index (χ4n) is 10.2. The molecule has 11 rings (SSSR count). The highest BCUT2D eigenvalue weighted by molar-refractivity contribution is 6.21. The Bertz CT molecular complexity index is 2990. The van der Waals surface area contributed by atoms with Crippen molar-refractivity contribution < 1.29 is 0 Å². The van der Waals surface area contributed by atoms with Gasteiger partial charge in [-0.2, -0.15) is 0 Å². The second kappa shape index (κ2) is 11.1. The molecule has 0 aliphatic heterocycles. The van der Waals surface area contributed by atoms with Gasteiger partial charge < -0.3 is 0 Å². The van der Waals surface area contributed by atoms with E-state index >= 15 is 0 Å². The smallest absolute Gasteiger partial charge is 0.0165 e. The number of rotatable bonds is 3. The first-order chi connectivity index (χ1) is 26.3. The fraction of sp³-hybridized carbons (Fsp3) is 0.111. The Kier molecular flexibility index (Phi) is 6.46. The highest BCUT2D eigenvalue weighted by Gasteiger charge is 2.44. The zero-order chi connectivity index (χ0) is 36.3. The topological polar surface area (TPSA) is 0 Å². The van der Waals surface area contributed by atoms with Gasteiger partial charge in [0.2, 0.25) is 0 Å². The van der Waals surface area contributed by atoms with Crippen molar-refractivity contribution >= 4 is 32.3 Å². The average molecular weight is 689 g/mol. The van der Waals surface area contributed by atoms with Crippen LogP contribution in [-0.2, 0) is 10.8 Å². The minimum absolute atomic E-state index is 0.0145. The molecular weight excluding hydrogens is 649 g/mol. The summed E-state index contributed by atoms with van der Waals surface area (Å²) in [5.74, 6) is 0. The van der Waals surface area contributed by atoms with E-state index < -0.39 is 0 Å². The van der Waals surface area contributed by atoms with Gasteiger partial charge in [0.1, 0.15) is 0 Å². The van der Waals surface area contributed by atoms with Crippen molar-refractivity contribution in [3.63, 3.8) is 0 Å². The highest BCUT2D eigenvalue weighted by atomic mass is 14.5. The van der Waals surface area contributed by atoms with Crippen LogP contribution in [0.15, 0.2) is 170 Å². The predicted molar refractivity (Wildman–Crippen MR) is 230 cm³/mol. The third kappa shape index (κ3) is 4.26. The normalized spacial score (nSPS) is 14.6. The van der Waals surface area contributed by atoms with Crippen molar-refractivity contribution in [3.05, 3.63) is 192 Å². The summed E-state index contributed by atoms with van der Waals surface area (Å²) in [6, 6.07) is 63.8. The van der Waals surface area contributed by atoms with E-state index in [0.29, 0.717) is 0 Å². The van der Waals surface area contributed by atoms with Gasteiger partial charge >= 0.3 is 0 Å². The molecule has 0 unspecified atom stereocenters. The molecule has 0 radical (unpaired) electrons. The van der Waals surface area contributed by atoms with E-state index in [0.717, 1.165) is 0 Å². The van der Waals surface area contributed by atoms with E-state index in [-0.39, 0.29) is 10.8 Å². The van der Waals surface area contributed by atoms with Crippen LogP contribution in [0.25, 0.3) is 88.0 Å². The molecule has 0 spiro atoms. The fourth-order valence-corrected chi connectivity index (χ4v) is 10.2. The second-order valence-electron chi connectivity index (χ2n) is 16.5. The first-order valence-corrected chi connectivity index (χ1v) is 19.3. The third-order valence-corrected chi connectivity index (χ3v) is 12.8. The minimum Gasteiger partial charge on any atom is -0.0619 e. The van der Waals surface area contributed by atoms with Gasteiger partial charge in [-0.3, -0.25) is 0 Å². The Labute approximate surface area is 317 Å². The summed E-state index contributed by atoms with van der Waals surface area (Å²) in [6.45, 7) is 9.61. The van der Waals surface area contributed by atoms with E-state index in [9.17, 15) is 0 Å². The maximum atomic E-state index is 2.46. The lowest BCUT2D eigenvalue weighted by Crippen LogP contribution is -2.18. The van der Waals surface area contributed by atoms with Crippen molar-refractivity contribution in [2.24, 2.45) is 0 Å². The van der Waals surface area contributed by atoms with Crippen LogP contribution in [-0.4, -0.2) is 0 Å². The lowest BCUT2D eigenvalue weighted by Gasteiger charge is -2.26. The lowest BCUT2D eigenvalue weighted by molar-refractivity contribution is 0.647. The van der Waals surface area contributed by atoms with Gasteiger partial charge in [0.25, 0.3) is 0 Å². The van der Waals surface area contributed by atoms with Gasteiger partial charge in [-0.05, 0) is 128 Å². The summed E-state index contributed by atoms with van der Waals surface area (Å²) >= 11 is 0. The summed E-state index contributed by atoms with van der Waals surface area (Å²) < 4.78 is 0. The second-order valence-corrected chi connectivity index (χ2v) is 16.5. The Morgan fingerprint density at radius 2 is 0.833 bits per heavy atom. The van der Waals surface area contributed by atoms with Crippen LogP contribution >= 0.6 is 0 Å². The zero-order valence-corrected chi connectivity index (χ0v) is 31.2. The lowest BCUT2D eigenvalue weighted by atomic mass is 9.77. The van der Waals surface area contributed by atoms with Crippen LogP contribution in [0.1, 0.15) is 49.9 Å². The molecule has 0 amide bonds. The maximum absolute atomic E-state index is 2.46. The molecule has 9 aromatic carbocycles. The molecule has 0 bridgehead atoms. The molecule has 0 nitrogen and oxygen atoms in total. The Balaban J connectivity index is 1.08. The molecule has 0 fully saturated rings. The Hall–Kier alpha value is -6.24. The van der Waals surface area contributed by atoms with E-state index in [1.165, 1.54) is 110 Å². The Morgan fingerprint density at radius 1 is 0.296 bits per heavy atom. The number of hydrogen-bond acceptors (Lipinski definition) is 0. The molecule has 0 atom stereocenters. The molecule has 2 aliphatic rings. The highest BCUT2D eigenvalue weighted by Crippen LogP contribution is 2.59. The van der Waals surface area contributed by atoms with Crippen LogP contribution in [0.3, 0.4) is 0 Å². The van der Waals surface area contributed by atoms with Gasteiger partial charge in [-0.25, -0.2) is 0 Å². The van der Waals surface area contributed by atoms with Gasteiger partial charge in [0.15, 0.2) is 0 Å². The minimum atomic E-state index is -0.103. The van der Waals surface area contributed by atoms with Crippen molar-refractivity contribution in [2.75, 3.05) is 0 Å². The molecule has 2 aliphatic carbocycles. The standard InChI is InChI=1S/C54H40/c1-53(2)46-23-12-11-22-44(46)51-48(53)29-27-43-45-32-36(26-28-47(45)54(3,4)52(43)51)35-16-13-17-37(31-35)49-39-18-7-9-20-41(39)50(42-21-10-8-19-40(42)49)38-25-24-33-14-5-6-15-34(33)30-38/h5-32H,1-4H3. The summed E-state index contributed by atoms with van der Waals surface area (Å²) in [5.41, 5.74) is 18.8. The molecule has 0 N–H and O–H groups in total. The molecule has 0 heteroatoms. The van der Waals surface area contributed by atoms with Crippen LogP contribution in [0.5, 0.6) is 0 Å². The van der Waals surface area contributed by atoms with Gasteiger partial charge in [0, 0.05) is 10.8 Å². The number of hydrogen-bond donors (Lipinski definition) is 0. The van der Waals surface area contributed by atoms with Crippen molar-refractivity contribution in [1.82, 2.24) is 0 Å². The summed E-state index contributed by atoms with van der Waals surface area (Å²) in [5, 5.41) is 7.64. The van der Waals surface area contributed by atoms with Gasteiger partial charge in [-0.1, -0.05) is 179 Å². The molecule has 0 saturated carbocycles. The molecule has 9 aromatic rings. The first kappa shape index (κ1) is 31.3. The molecular formula is C54H40. The molecule has 0 aromatic heterocycles. The van der Waals surface area contributed by atoms with Crippen molar-refractivity contribution in [3.8, 4) is 55.6 Å². The molecule has 0 saturated heterocycles. The molecule has 256 valence electrons. The van der Waals surface area contributed by atoms with Crippen LogP contribution in [0.2, 0.25) is 0 Å². The van der Waals surface area contributed by atoms with Gasteiger partial charge in [-0.15, -0.1) is 0 Å². The zero-order valence-electron chi connectivity index (χ0n) is 31.2. The van der Waals surface area contributed by atoms with E-state index in [2.05, 4.69) is 198 Å². The van der Waals surface area contributed by atoms with Crippen LogP contribution in [0.4, 0.5) is 0 Å². The first-order valence-electron chi connectivity index (χ1n) is 19.3. The van der Waals surface area contributed by atoms with E-state index in [1.807, 2.05) is 0 Å². The van der Waals surface area contributed by atoms with Gasteiger partial charge in [0.05, 0.1) is 0 Å². The summed E-state index contributed by atoms with van der Waals surface area (Å²) in [7, 11) is 0. The average Bonchev–Trinajstić information content (AvgIpc) is 3.58. The number of benzene rings is 9. The summed E-state index contributed by atoms with van der Waals surface area (Å²) in [6.07, 6.45) is 0. The monoisotopic (exact) mass is 688 g/mol. The quantitative estimate of drug-likeness (QED) is 0.162. The van der Waals surface area contributed by atoms with Crippen molar-refractivity contribution in [2.45, 2.75) is 38.5 Å². The Morgan fingerprint density at radius 3 is 1.56 bits per heavy atom. The number of fused-ring (bicyclic) bond motifs is 10. The molecule has 0 heterocycles. The SMILES string of the molecule is CC1(C)c2ccccc2-c2c1ccc1c2C(C)(C)c2ccc(-c3cccc(-c4c5ccccc5c(-c5ccc6ccccc6c5)c5ccccc45)c3)cc2-1. The van der Waals surface area contributed by atoms with E-state index in [1.54, 1.807) is 0 Å².